The first-order valence-corrected chi connectivity index (χ1v) is 7.71. The van der Waals surface area contributed by atoms with Crippen LogP contribution in [0.5, 0.6) is 0 Å². The molecule has 0 radical (unpaired) electrons. The monoisotopic (exact) mass is 261 g/mol. The summed E-state index contributed by atoms with van der Waals surface area (Å²) in [4.78, 5) is 0. The molecule has 1 aliphatic carbocycles. The molecule has 0 aliphatic heterocycles. The van der Waals surface area contributed by atoms with Crippen LogP contribution in [0.1, 0.15) is 57.1 Å². The molecule has 1 atom stereocenters. The SMILES string of the molecule is CC1CCC(NC(CCCO)c2ccccc2)CC1. The summed E-state index contributed by atoms with van der Waals surface area (Å²) in [5, 5.41) is 12.9. The van der Waals surface area contributed by atoms with E-state index in [0.717, 1.165) is 18.8 Å². The van der Waals surface area contributed by atoms with Gasteiger partial charge in [0.1, 0.15) is 0 Å². The van der Waals surface area contributed by atoms with Crippen molar-refractivity contribution in [1.29, 1.82) is 0 Å². The van der Waals surface area contributed by atoms with Gasteiger partial charge in [0.2, 0.25) is 0 Å². The van der Waals surface area contributed by atoms with Crippen LogP contribution in [0.3, 0.4) is 0 Å². The highest BCUT2D eigenvalue weighted by Crippen LogP contribution is 2.27. The number of benzene rings is 1. The molecule has 1 fully saturated rings. The summed E-state index contributed by atoms with van der Waals surface area (Å²) >= 11 is 0. The highest BCUT2D eigenvalue weighted by molar-refractivity contribution is 5.19. The molecule has 106 valence electrons. The van der Waals surface area contributed by atoms with Crippen LogP contribution in [0.15, 0.2) is 30.3 Å². The van der Waals surface area contributed by atoms with Gasteiger partial charge in [0.15, 0.2) is 0 Å². The van der Waals surface area contributed by atoms with Crippen LogP contribution in [-0.4, -0.2) is 17.8 Å². The van der Waals surface area contributed by atoms with Gasteiger partial charge in [0, 0.05) is 18.7 Å². The molecule has 1 aromatic rings. The summed E-state index contributed by atoms with van der Waals surface area (Å²) in [6.45, 7) is 2.64. The second-order valence-electron chi connectivity index (χ2n) is 5.95. The molecule has 2 rings (SSSR count). The number of hydrogen-bond acceptors (Lipinski definition) is 2. The maximum atomic E-state index is 9.07. The molecule has 2 nitrogen and oxygen atoms in total. The fraction of sp³-hybridized carbons (Fsp3) is 0.647. The van der Waals surface area contributed by atoms with E-state index in [-0.39, 0.29) is 6.61 Å². The predicted molar refractivity (Wildman–Crippen MR) is 80.1 cm³/mol. The Kier molecular flexibility index (Phi) is 5.87. The fourth-order valence-electron chi connectivity index (χ4n) is 3.04. The summed E-state index contributed by atoms with van der Waals surface area (Å²) in [6, 6.07) is 11.7. The lowest BCUT2D eigenvalue weighted by molar-refractivity contribution is 0.254. The number of hydrogen-bond donors (Lipinski definition) is 2. The van der Waals surface area contributed by atoms with E-state index < -0.39 is 0 Å². The van der Waals surface area contributed by atoms with Crippen LogP contribution in [0.2, 0.25) is 0 Å². The second-order valence-corrected chi connectivity index (χ2v) is 5.95. The molecule has 0 saturated heterocycles. The molecule has 2 heteroatoms. The van der Waals surface area contributed by atoms with E-state index in [1.807, 2.05) is 0 Å². The van der Waals surface area contributed by atoms with Crippen molar-refractivity contribution >= 4 is 0 Å². The minimum atomic E-state index is 0.284. The van der Waals surface area contributed by atoms with Crippen molar-refractivity contribution in [3.05, 3.63) is 35.9 Å². The molecule has 0 spiro atoms. The van der Waals surface area contributed by atoms with Crippen molar-refractivity contribution in [2.24, 2.45) is 5.92 Å². The Hall–Kier alpha value is -0.860. The fourth-order valence-corrected chi connectivity index (χ4v) is 3.04. The molecule has 0 amide bonds. The van der Waals surface area contributed by atoms with Crippen molar-refractivity contribution in [3.8, 4) is 0 Å². The maximum absolute atomic E-state index is 9.07. The van der Waals surface area contributed by atoms with Crippen LogP contribution in [0.4, 0.5) is 0 Å². The van der Waals surface area contributed by atoms with E-state index in [9.17, 15) is 0 Å². The van der Waals surface area contributed by atoms with E-state index in [2.05, 4.69) is 42.6 Å². The third-order valence-corrected chi connectivity index (χ3v) is 4.31. The van der Waals surface area contributed by atoms with E-state index in [1.165, 1.54) is 31.2 Å². The number of rotatable bonds is 6. The number of aliphatic hydroxyl groups is 1. The Morgan fingerprint density at radius 2 is 1.84 bits per heavy atom. The van der Waals surface area contributed by atoms with Crippen molar-refractivity contribution < 1.29 is 5.11 Å². The highest BCUT2D eigenvalue weighted by atomic mass is 16.2. The van der Waals surface area contributed by atoms with Gasteiger partial charge in [0.25, 0.3) is 0 Å². The Morgan fingerprint density at radius 1 is 1.16 bits per heavy atom. The standard InChI is InChI=1S/C17H27NO/c1-14-9-11-16(12-10-14)18-17(8-5-13-19)15-6-3-2-4-7-15/h2-4,6-7,14,16-19H,5,8-13H2,1H3. The Balaban J connectivity index is 1.94. The van der Waals surface area contributed by atoms with Crippen molar-refractivity contribution in [2.75, 3.05) is 6.61 Å². The van der Waals surface area contributed by atoms with Gasteiger partial charge < -0.3 is 10.4 Å². The molecule has 1 aliphatic rings. The van der Waals surface area contributed by atoms with Crippen molar-refractivity contribution in [2.45, 2.75) is 57.5 Å². The first-order valence-electron chi connectivity index (χ1n) is 7.71. The quantitative estimate of drug-likeness (QED) is 0.819. The summed E-state index contributed by atoms with van der Waals surface area (Å²) in [6.07, 6.45) is 7.17. The number of nitrogens with one attached hydrogen (secondary N) is 1. The van der Waals surface area contributed by atoms with Crippen LogP contribution < -0.4 is 5.32 Å². The van der Waals surface area contributed by atoms with E-state index >= 15 is 0 Å². The van der Waals surface area contributed by atoms with Gasteiger partial charge in [-0.25, -0.2) is 0 Å². The normalized spacial score (nSPS) is 25.2. The topological polar surface area (TPSA) is 32.3 Å². The van der Waals surface area contributed by atoms with E-state index in [0.29, 0.717) is 12.1 Å². The number of aliphatic hydroxyl groups excluding tert-OH is 1. The molecule has 0 bridgehead atoms. The zero-order valence-electron chi connectivity index (χ0n) is 12.0. The van der Waals surface area contributed by atoms with Gasteiger partial charge >= 0.3 is 0 Å². The minimum Gasteiger partial charge on any atom is -0.396 e. The largest absolute Gasteiger partial charge is 0.396 e. The lowest BCUT2D eigenvalue weighted by Crippen LogP contribution is -2.35. The summed E-state index contributed by atoms with van der Waals surface area (Å²) < 4.78 is 0. The van der Waals surface area contributed by atoms with Crippen LogP contribution in [-0.2, 0) is 0 Å². The van der Waals surface area contributed by atoms with Crippen molar-refractivity contribution in [3.63, 3.8) is 0 Å². The Morgan fingerprint density at radius 3 is 2.47 bits per heavy atom. The van der Waals surface area contributed by atoms with Gasteiger partial charge in [-0.2, -0.15) is 0 Å². The average Bonchev–Trinajstić information content (AvgIpc) is 2.46. The third-order valence-electron chi connectivity index (χ3n) is 4.31. The first-order chi connectivity index (χ1) is 9.29. The van der Waals surface area contributed by atoms with Gasteiger partial charge in [0.05, 0.1) is 0 Å². The lowest BCUT2D eigenvalue weighted by Gasteiger charge is -2.31. The molecule has 0 heterocycles. The van der Waals surface area contributed by atoms with E-state index in [4.69, 9.17) is 5.11 Å². The van der Waals surface area contributed by atoms with Crippen LogP contribution in [0, 0.1) is 5.92 Å². The predicted octanol–water partition coefficient (Wildman–Crippen LogP) is 3.67. The average molecular weight is 261 g/mol. The summed E-state index contributed by atoms with van der Waals surface area (Å²) in [5.74, 6) is 0.894. The van der Waals surface area contributed by atoms with Crippen LogP contribution in [0.25, 0.3) is 0 Å². The van der Waals surface area contributed by atoms with Crippen molar-refractivity contribution in [1.82, 2.24) is 5.32 Å². The zero-order chi connectivity index (χ0) is 13.5. The summed E-state index contributed by atoms with van der Waals surface area (Å²) in [7, 11) is 0. The maximum Gasteiger partial charge on any atom is 0.0431 e. The van der Waals surface area contributed by atoms with Gasteiger partial charge in [-0.05, 0) is 50.0 Å². The second kappa shape index (κ2) is 7.66. The third kappa shape index (κ3) is 4.63. The molecule has 1 saturated carbocycles. The van der Waals surface area contributed by atoms with Gasteiger partial charge in [-0.1, -0.05) is 37.3 Å². The van der Waals surface area contributed by atoms with E-state index in [1.54, 1.807) is 0 Å². The molecule has 1 unspecified atom stereocenters. The lowest BCUT2D eigenvalue weighted by atomic mass is 9.86. The van der Waals surface area contributed by atoms with Crippen LogP contribution >= 0.6 is 0 Å². The zero-order valence-corrected chi connectivity index (χ0v) is 12.0. The minimum absolute atomic E-state index is 0.284. The molecule has 19 heavy (non-hydrogen) atoms. The van der Waals surface area contributed by atoms with Gasteiger partial charge in [-0.15, -0.1) is 0 Å². The smallest absolute Gasteiger partial charge is 0.0431 e. The highest BCUT2D eigenvalue weighted by Gasteiger charge is 2.21. The molecule has 2 N–H and O–H groups in total. The summed E-state index contributed by atoms with van der Waals surface area (Å²) in [5.41, 5.74) is 1.36. The van der Waals surface area contributed by atoms with Gasteiger partial charge in [-0.3, -0.25) is 0 Å². The Bertz CT molecular complexity index is 344. The molecular formula is C17H27NO. The Labute approximate surface area is 117 Å². The first kappa shape index (κ1) is 14.5. The molecule has 0 aromatic heterocycles. The molecular weight excluding hydrogens is 234 g/mol. The molecule has 1 aromatic carbocycles.